The fourth-order valence-electron chi connectivity index (χ4n) is 3.05. The quantitative estimate of drug-likeness (QED) is 0.305. The SMILES string of the molecule is COC(=O)c1ccc(CNC(=O)c2oc3ccccc3c2CSc2cccs2)cc1. The lowest BCUT2D eigenvalue weighted by Gasteiger charge is -2.06. The predicted molar refractivity (Wildman–Crippen MR) is 119 cm³/mol. The molecule has 0 radical (unpaired) electrons. The van der Waals surface area contributed by atoms with E-state index in [0.29, 0.717) is 29.2 Å². The minimum absolute atomic E-state index is 0.259. The molecule has 0 aliphatic carbocycles. The number of hydrogen-bond donors (Lipinski definition) is 1. The summed E-state index contributed by atoms with van der Waals surface area (Å²) >= 11 is 3.36. The van der Waals surface area contributed by atoms with Crippen molar-refractivity contribution in [1.29, 1.82) is 0 Å². The van der Waals surface area contributed by atoms with E-state index in [9.17, 15) is 9.59 Å². The lowest BCUT2D eigenvalue weighted by Crippen LogP contribution is -2.23. The van der Waals surface area contributed by atoms with E-state index >= 15 is 0 Å². The number of benzene rings is 2. The number of nitrogens with one attached hydrogen (secondary N) is 1. The first kappa shape index (κ1) is 20.3. The molecule has 0 spiro atoms. The van der Waals surface area contributed by atoms with Crippen LogP contribution >= 0.6 is 23.1 Å². The highest BCUT2D eigenvalue weighted by Gasteiger charge is 2.20. The molecular formula is C23H19NO4S2. The van der Waals surface area contributed by atoms with Crippen LogP contribution in [0, 0.1) is 0 Å². The van der Waals surface area contributed by atoms with E-state index in [1.165, 1.54) is 11.3 Å². The summed E-state index contributed by atoms with van der Waals surface area (Å²) in [4.78, 5) is 24.4. The molecule has 0 atom stereocenters. The molecule has 0 unspecified atom stereocenters. The summed E-state index contributed by atoms with van der Waals surface area (Å²) in [6.45, 7) is 0.328. The molecule has 152 valence electrons. The number of carbonyl (C=O) groups excluding carboxylic acids is 2. The first-order valence-electron chi connectivity index (χ1n) is 9.28. The lowest BCUT2D eigenvalue weighted by atomic mass is 10.1. The maximum atomic E-state index is 12.9. The highest BCUT2D eigenvalue weighted by atomic mass is 32.2. The molecule has 0 saturated heterocycles. The van der Waals surface area contributed by atoms with Gasteiger partial charge in [-0.2, -0.15) is 0 Å². The molecule has 4 rings (SSSR count). The van der Waals surface area contributed by atoms with Crippen molar-refractivity contribution < 1.29 is 18.7 Å². The minimum atomic E-state index is -0.388. The summed E-state index contributed by atoms with van der Waals surface area (Å²) in [5.74, 6) is 0.339. The third-order valence-electron chi connectivity index (χ3n) is 4.59. The van der Waals surface area contributed by atoms with E-state index in [4.69, 9.17) is 9.15 Å². The van der Waals surface area contributed by atoms with Crippen LogP contribution in [0.3, 0.4) is 0 Å². The Hall–Kier alpha value is -3.03. The summed E-state index contributed by atoms with van der Waals surface area (Å²) in [5.41, 5.74) is 2.94. The van der Waals surface area contributed by atoms with Gasteiger partial charge in [-0.15, -0.1) is 23.1 Å². The molecule has 4 aromatic rings. The van der Waals surface area contributed by atoms with Gasteiger partial charge in [0.05, 0.1) is 16.9 Å². The number of furan rings is 1. The van der Waals surface area contributed by atoms with E-state index in [1.807, 2.05) is 35.7 Å². The minimum Gasteiger partial charge on any atom is -0.465 e. The van der Waals surface area contributed by atoms with E-state index in [1.54, 1.807) is 47.4 Å². The van der Waals surface area contributed by atoms with Crippen LogP contribution in [0.1, 0.15) is 32.0 Å². The van der Waals surface area contributed by atoms with E-state index in [2.05, 4.69) is 11.4 Å². The van der Waals surface area contributed by atoms with Crippen LogP contribution in [-0.4, -0.2) is 19.0 Å². The van der Waals surface area contributed by atoms with E-state index < -0.39 is 0 Å². The number of methoxy groups -OCH3 is 1. The highest BCUT2D eigenvalue weighted by Crippen LogP contribution is 2.33. The number of rotatable bonds is 7. The second kappa shape index (κ2) is 9.19. The Morgan fingerprint density at radius 3 is 2.60 bits per heavy atom. The van der Waals surface area contributed by atoms with Gasteiger partial charge in [-0.05, 0) is 35.2 Å². The van der Waals surface area contributed by atoms with Gasteiger partial charge >= 0.3 is 5.97 Å². The van der Waals surface area contributed by atoms with Gasteiger partial charge in [-0.1, -0.05) is 36.4 Å². The van der Waals surface area contributed by atoms with Gasteiger partial charge < -0.3 is 14.5 Å². The Morgan fingerprint density at radius 2 is 1.87 bits per heavy atom. The van der Waals surface area contributed by atoms with Gasteiger partial charge in [0.25, 0.3) is 5.91 Å². The van der Waals surface area contributed by atoms with Crippen molar-refractivity contribution >= 4 is 45.9 Å². The van der Waals surface area contributed by atoms with Gasteiger partial charge in [-0.3, -0.25) is 4.79 Å². The first-order chi connectivity index (χ1) is 14.7. The largest absolute Gasteiger partial charge is 0.465 e. The molecule has 2 aromatic carbocycles. The number of ether oxygens (including phenoxy) is 1. The molecule has 1 amide bonds. The number of thioether (sulfide) groups is 1. The van der Waals surface area contributed by atoms with Crippen LogP contribution < -0.4 is 5.32 Å². The van der Waals surface area contributed by atoms with Crippen molar-refractivity contribution in [3.8, 4) is 0 Å². The lowest BCUT2D eigenvalue weighted by molar-refractivity contribution is 0.0600. The van der Waals surface area contributed by atoms with Crippen LogP contribution in [0.2, 0.25) is 0 Å². The van der Waals surface area contributed by atoms with Crippen LogP contribution in [0.25, 0.3) is 11.0 Å². The summed E-state index contributed by atoms with van der Waals surface area (Å²) in [6, 6.07) is 18.7. The Balaban J connectivity index is 1.51. The van der Waals surface area contributed by atoms with Crippen molar-refractivity contribution in [3.63, 3.8) is 0 Å². The van der Waals surface area contributed by atoms with Gasteiger partial charge in [-0.25, -0.2) is 4.79 Å². The zero-order valence-corrected chi connectivity index (χ0v) is 17.8. The average molecular weight is 438 g/mol. The Bertz CT molecular complexity index is 1160. The van der Waals surface area contributed by atoms with Gasteiger partial charge in [0, 0.05) is 23.2 Å². The van der Waals surface area contributed by atoms with Crippen LogP contribution in [0.5, 0.6) is 0 Å². The molecule has 7 heteroatoms. The first-order valence-corrected chi connectivity index (χ1v) is 11.1. The number of thiophene rings is 1. The molecule has 30 heavy (non-hydrogen) atoms. The molecule has 5 nitrogen and oxygen atoms in total. The highest BCUT2D eigenvalue weighted by molar-refractivity contribution is 8.00. The normalized spacial score (nSPS) is 10.8. The third-order valence-corrected chi connectivity index (χ3v) is 6.74. The summed E-state index contributed by atoms with van der Waals surface area (Å²) in [6.07, 6.45) is 0. The fourth-order valence-corrected chi connectivity index (χ4v) is 4.87. The molecule has 2 heterocycles. The Morgan fingerprint density at radius 1 is 1.07 bits per heavy atom. The number of amides is 1. The average Bonchev–Trinajstić information content (AvgIpc) is 3.43. The maximum Gasteiger partial charge on any atom is 0.337 e. The molecule has 0 aliphatic rings. The van der Waals surface area contributed by atoms with Gasteiger partial charge in [0.15, 0.2) is 5.76 Å². The third kappa shape index (κ3) is 4.42. The second-order valence-corrected chi connectivity index (χ2v) is 8.72. The topological polar surface area (TPSA) is 68.5 Å². The van der Waals surface area contributed by atoms with Crippen molar-refractivity contribution in [3.05, 3.63) is 88.5 Å². The van der Waals surface area contributed by atoms with Crippen molar-refractivity contribution in [2.24, 2.45) is 0 Å². The van der Waals surface area contributed by atoms with Crippen molar-refractivity contribution in [2.45, 2.75) is 16.5 Å². The monoisotopic (exact) mass is 437 g/mol. The molecule has 0 bridgehead atoms. The summed E-state index contributed by atoms with van der Waals surface area (Å²) in [5, 5.41) is 5.91. The predicted octanol–water partition coefficient (Wildman–Crippen LogP) is 5.50. The van der Waals surface area contributed by atoms with E-state index in [0.717, 1.165) is 16.5 Å². The molecule has 0 fully saturated rings. The Kier molecular flexibility index (Phi) is 6.21. The van der Waals surface area contributed by atoms with Crippen LogP contribution in [0.4, 0.5) is 0 Å². The Labute approximate surface area is 182 Å². The zero-order chi connectivity index (χ0) is 20.9. The van der Waals surface area contributed by atoms with Crippen LogP contribution in [-0.2, 0) is 17.0 Å². The standard InChI is InChI=1S/C23H19NO4S2/c1-27-23(26)16-10-8-15(9-11-16)13-24-22(25)21-18(14-30-20-7-4-12-29-20)17-5-2-3-6-19(17)28-21/h2-12H,13-14H2,1H3,(H,24,25). The van der Waals surface area contributed by atoms with Gasteiger partial charge in [0.1, 0.15) is 5.58 Å². The number of fused-ring (bicyclic) bond motifs is 1. The van der Waals surface area contributed by atoms with Crippen molar-refractivity contribution in [1.82, 2.24) is 5.32 Å². The summed E-state index contributed by atoms with van der Waals surface area (Å²) < 4.78 is 11.8. The number of hydrogen-bond acceptors (Lipinski definition) is 6. The molecule has 1 N–H and O–H groups in total. The second-order valence-electron chi connectivity index (χ2n) is 6.50. The van der Waals surface area contributed by atoms with Gasteiger partial charge in [0.2, 0.25) is 0 Å². The number of carbonyl (C=O) groups is 2. The maximum absolute atomic E-state index is 12.9. The van der Waals surface area contributed by atoms with E-state index in [-0.39, 0.29) is 11.9 Å². The molecule has 2 aromatic heterocycles. The smallest absolute Gasteiger partial charge is 0.337 e. The molecular weight excluding hydrogens is 418 g/mol. The molecule has 0 aliphatic heterocycles. The summed E-state index contributed by atoms with van der Waals surface area (Å²) in [7, 11) is 1.35. The number of para-hydroxylation sites is 1. The van der Waals surface area contributed by atoms with Crippen LogP contribution in [0.15, 0.2) is 74.7 Å². The number of esters is 1. The fraction of sp³-hybridized carbons (Fsp3) is 0.130. The zero-order valence-electron chi connectivity index (χ0n) is 16.2. The molecule has 0 saturated carbocycles. The van der Waals surface area contributed by atoms with Crippen molar-refractivity contribution in [2.75, 3.05) is 7.11 Å².